The van der Waals surface area contributed by atoms with E-state index in [2.05, 4.69) is 14.2 Å². The number of benzene rings is 1. The lowest BCUT2D eigenvalue weighted by Gasteiger charge is -2.20. The Hall–Kier alpha value is -2.17. The number of methoxy groups -OCH3 is 2. The summed E-state index contributed by atoms with van der Waals surface area (Å²) < 4.78 is 35.5. The van der Waals surface area contributed by atoms with Gasteiger partial charge in [0, 0.05) is 18.0 Å². The summed E-state index contributed by atoms with van der Waals surface area (Å²) in [6.07, 6.45) is -0.270. The van der Waals surface area contributed by atoms with Crippen molar-refractivity contribution in [2.24, 2.45) is 0 Å². The molecular formula is C15H19ClN2O7S. The summed E-state index contributed by atoms with van der Waals surface area (Å²) in [6.45, 7) is -1.14. The van der Waals surface area contributed by atoms with E-state index < -0.39 is 41.0 Å². The van der Waals surface area contributed by atoms with Gasteiger partial charge in [0.1, 0.15) is 13.1 Å². The Morgan fingerprint density at radius 3 is 2.19 bits per heavy atom. The molecule has 0 heterocycles. The molecule has 0 aliphatic rings. The van der Waals surface area contributed by atoms with Crippen molar-refractivity contribution in [1.29, 1.82) is 0 Å². The molecule has 0 saturated carbocycles. The highest BCUT2D eigenvalue weighted by Gasteiger charge is 2.22. The first-order valence-corrected chi connectivity index (χ1v) is 9.22. The second kappa shape index (κ2) is 10.1. The Labute approximate surface area is 156 Å². The predicted molar refractivity (Wildman–Crippen MR) is 91.9 cm³/mol. The lowest BCUT2D eigenvalue weighted by atomic mass is 10.3. The first kappa shape index (κ1) is 21.9. The average molecular weight is 407 g/mol. The molecule has 0 spiro atoms. The van der Waals surface area contributed by atoms with Crippen LogP contribution in [0.4, 0.5) is 0 Å². The normalized spacial score (nSPS) is 10.9. The Morgan fingerprint density at radius 1 is 1.12 bits per heavy atom. The fraction of sp³-hybridized carbons (Fsp3) is 0.400. The van der Waals surface area contributed by atoms with E-state index in [9.17, 15) is 22.8 Å². The highest BCUT2D eigenvalue weighted by atomic mass is 35.5. The molecule has 0 aliphatic heterocycles. The van der Waals surface area contributed by atoms with Gasteiger partial charge in [-0.2, -0.15) is 0 Å². The van der Waals surface area contributed by atoms with Gasteiger partial charge in [-0.1, -0.05) is 17.7 Å². The standard InChI is InChI=1S/C15H19ClN2O7S/c1-24-14(20)9-18(10-15(21)25-2)13(19)6-7-17-26(22,23)12-5-3-4-11(16)8-12/h3-5,8,17H,6-7,9-10H2,1-2H3. The maximum atomic E-state index is 12.2. The van der Waals surface area contributed by atoms with Gasteiger partial charge < -0.3 is 14.4 Å². The van der Waals surface area contributed by atoms with E-state index in [4.69, 9.17) is 11.6 Å². The average Bonchev–Trinajstić information content (AvgIpc) is 2.60. The van der Waals surface area contributed by atoms with Crippen molar-refractivity contribution in [3.05, 3.63) is 29.3 Å². The van der Waals surface area contributed by atoms with Crippen LogP contribution in [0.3, 0.4) is 0 Å². The van der Waals surface area contributed by atoms with Crippen LogP contribution in [-0.2, 0) is 33.9 Å². The van der Waals surface area contributed by atoms with E-state index in [1.54, 1.807) is 0 Å². The first-order valence-electron chi connectivity index (χ1n) is 7.36. The molecular weight excluding hydrogens is 388 g/mol. The van der Waals surface area contributed by atoms with Crippen molar-refractivity contribution >= 4 is 39.5 Å². The Morgan fingerprint density at radius 2 is 1.69 bits per heavy atom. The minimum absolute atomic E-state index is 0.0431. The fourth-order valence-corrected chi connectivity index (χ4v) is 3.17. The molecule has 0 radical (unpaired) electrons. The summed E-state index contributed by atoms with van der Waals surface area (Å²) in [5.74, 6) is -2.06. The van der Waals surface area contributed by atoms with E-state index in [0.29, 0.717) is 0 Å². The van der Waals surface area contributed by atoms with Crippen LogP contribution in [0.5, 0.6) is 0 Å². The zero-order valence-corrected chi connectivity index (χ0v) is 15.8. The van der Waals surface area contributed by atoms with Crippen molar-refractivity contribution in [1.82, 2.24) is 9.62 Å². The Kier molecular flexibility index (Phi) is 8.49. The second-order valence-electron chi connectivity index (χ2n) is 5.01. The summed E-state index contributed by atoms with van der Waals surface area (Å²) in [4.78, 5) is 35.8. The predicted octanol–water partition coefficient (Wildman–Crippen LogP) is 0.183. The van der Waals surface area contributed by atoms with E-state index in [-0.39, 0.29) is 22.9 Å². The summed E-state index contributed by atoms with van der Waals surface area (Å²) in [7, 11) is -1.57. The van der Waals surface area contributed by atoms with Gasteiger partial charge in [0.15, 0.2) is 0 Å². The fourth-order valence-electron chi connectivity index (χ4n) is 1.84. The van der Waals surface area contributed by atoms with Crippen LogP contribution in [0.1, 0.15) is 6.42 Å². The number of carbonyl (C=O) groups is 3. The first-order chi connectivity index (χ1) is 12.2. The van der Waals surface area contributed by atoms with Gasteiger partial charge in [0.05, 0.1) is 19.1 Å². The zero-order chi connectivity index (χ0) is 19.7. The molecule has 0 bridgehead atoms. The van der Waals surface area contributed by atoms with Gasteiger partial charge in [-0.3, -0.25) is 14.4 Å². The molecule has 9 nitrogen and oxygen atoms in total. The van der Waals surface area contributed by atoms with Crippen molar-refractivity contribution in [2.75, 3.05) is 33.9 Å². The van der Waals surface area contributed by atoms with E-state index >= 15 is 0 Å². The lowest BCUT2D eigenvalue weighted by Crippen LogP contribution is -2.41. The van der Waals surface area contributed by atoms with Crippen molar-refractivity contribution in [3.8, 4) is 0 Å². The lowest BCUT2D eigenvalue weighted by molar-refractivity contribution is -0.152. The molecule has 26 heavy (non-hydrogen) atoms. The summed E-state index contributed by atoms with van der Waals surface area (Å²) in [6, 6.07) is 5.64. The third-order valence-corrected chi connectivity index (χ3v) is 4.88. The molecule has 0 aromatic heterocycles. The monoisotopic (exact) mass is 406 g/mol. The van der Waals surface area contributed by atoms with Gasteiger partial charge in [0.25, 0.3) is 0 Å². The number of esters is 2. The molecule has 1 amide bonds. The molecule has 0 saturated heterocycles. The van der Waals surface area contributed by atoms with Crippen LogP contribution in [0.15, 0.2) is 29.2 Å². The number of halogens is 1. The van der Waals surface area contributed by atoms with Gasteiger partial charge in [-0.15, -0.1) is 0 Å². The zero-order valence-electron chi connectivity index (χ0n) is 14.2. The minimum atomic E-state index is -3.85. The number of nitrogens with zero attached hydrogens (tertiary/aromatic N) is 1. The quantitative estimate of drug-likeness (QED) is 0.581. The molecule has 1 N–H and O–H groups in total. The summed E-state index contributed by atoms with van der Waals surface area (Å²) in [5.41, 5.74) is 0. The van der Waals surface area contributed by atoms with Crippen molar-refractivity contribution in [2.45, 2.75) is 11.3 Å². The smallest absolute Gasteiger partial charge is 0.325 e. The van der Waals surface area contributed by atoms with Gasteiger partial charge >= 0.3 is 11.9 Å². The van der Waals surface area contributed by atoms with Crippen molar-refractivity contribution in [3.63, 3.8) is 0 Å². The largest absolute Gasteiger partial charge is 0.468 e. The maximum Gasteiger partial charge on any atom is 0.325 e. The number of hydrogen-bond donors (Lipinski definition) is 1. The van der Waals surface area contributed by atoms with Crippen molar-refractivity contribution < 1.29 is 32.3 Å². The molecule has 11 heteroatoms. The van der Waals surface area contributed by atoms with Crippen LogP contribution < -0.4 is 4.72 Å². The number of ether oxygens (including phenoxy) is 2. The van der Waals surface area contributed by atoms with E-state index in [1.165, 1.54) is 24.3 Å². The third kappa shape index (κ3) is 6.98. The number of amides is 1. The van der Waals surface area contributed by atoms with E-state index in [0.717, 1.165) is 19.1 Å². The minimum Gasteiger partial charge on any atom is -0.468 e. The van der Waals surface area contributed by atoms with Crippen LogP contribution >= 0.6 is 11.6 Å². The second-order valence-corrected chi connectivity index (χ2v) is 7.21. The Balaban J connectivity index is 2.68. The number of hydrogen-bond acceptors (Lipinski definition) is 7. The summed E-state index contributed by atoms with van der Waals surface area (Å²) in [5, 5.41) is 0.256. The molecule has 1 aromatic rings. The topological polar surface area (TPSA) is 119 Å². The highest BCUT2D eigenvalue weighted by molar-refractivity contribution is 7.89. The molecule has 1 rings (SSSR count). The molecule has 144 valence electrons. The maximum absolute atomic E-state index is 12.2. The molecule has 0 atom stereocenters. The number of carbonyl (C=O) groups excluding carboxylic acids is 3. The van der Waals surface area contributed by atoms with Gasteiger partial charge in [-0.05, 0) is 18.2 Å². The molecule has 1 aromatic carbocycles. The molecule has 0 fully saturated rings. The Bertz CT molecular complexity index is 749. The van der Waals surface area contributed by atoms with Crippen LogP contribution in [-0.4, -0.2) is 65.0 Å². The number of rotatable bonds is 9. The number of nitrogens with one attached hydrogen (secondary N) is 1. The van der Waals surface area contributed by atoms with Crippen LogP contribution in [0, 0.1) is 0 Å². The van der Waals surface area contributed by atoms with Gasteiger partial charge in [0.2, 0.25) is 15.9 Å². The van der Waals surface area contributed by atoms with Crippen LogP contribution in [0.2, 0.25) is 5.02 Å². The number of sulfonamides is 1. The highest BCUT2D eigenvalue weighted by Crippen LogP contribution is 2.15. The van der Waals surface area contributed by atoms with Crippen LogP contribution in [0.25, 0.3) is 0 Å². The molecule has 0 aliphatic carbocycles. The third-order valence-electron chi connectivity index (χ3n) is 3.19. The molecule has 0 unspecified atom stereocenters. The van der Waals surface area contributed by atoms with E-state index in [1.807, 2.05) is 0 Å². The van der Waals surface area contributed by atoms with Gasteiger partial charge in [-0.25, -0.2) is 13.1 Å². The summed E-state index contributed by atoms with van der Waals surface area (Å²) >= 11 is 5.76. The SMILES string of the molecule is COC(=O)CN(CC(=O)OC)C(=O)CCNS(=O)(=O)c1cccc(Cl)c1.